The van der Waals surface area contributed by atoms with E-state index in [-0.39, 0.29) is 18.5 Å². The Labute approximate surface area is 476 Å². The lowest BCUT2D eigenvalue weighted by Crippen LogP contribution is -2.45. The average Bonchev–Trinajstić information content (AvgIpc) is 3.42. The molecule has 0 aliphatic carbocycles. The van der Waals surface area contributed by atoms with Crippen LogP contribution in [-0.4, -0.2) is 47.4 Å². The van der Waals surface area contributed by atoms with Crippen LogP contribution >= 0.6 is 0 Å². The molecule has 0 aromatic rings. The lowest BCUT2D eigenvalue weighted by Gasteiger charge is -2.22. The van der Waals surface area contributed by atoms with Crippen LogP contribution in [0.5, 0.6) is 0 Å². The molecule has 6 nitrogen and oxygen atoms in total. The van der Waals surface area contributed by atoms with Crippen LogP contribution in [0, 0.1) is 0 Å². The molecule has 2 atom stereocenters. The number of allylic oxidation sites excluding steroid dienone is 2. The Hall–Kier alpha value is -1.40. The van der Waals surface area contributed by atoms with Gasteiger partial charge in [0.05, 0.1) is 25.4 Å². The lowest BCUT2D eigenvalue weighted by atomic mass is 10.0. The minimum absolute atomic E-state index is 0.0134. The van der Waals surface area contributed by atoms with Gasteiger partial charge in [0.1, 0.15) is 0 Å². The summed E-state index contributed by atoms with van der Waals surface area (Å²) >= 11 is 0. The van der Waals surface area contributed by atoms with Gasteiger partial charge < -0.3 is 20.3 Å². The highest BCUT2D eigenvalue weighted by Gasteiger charge is 2.20. The molecule has 0 heterocycles. The molecule has 3 N–H and O–H groups in total. The summed E-state index contributed by atoms with van der Waals surface area (Å²) in [6, 6.07) is -0.548. The normalized spacial score (nSPS) is 12.5. The molecule has 76 heavy (non-hydrogen) atoms. The molecule has 6 heteroatoms. The molecule has 0 saturated carbocycles. The Balaban J connectivity index is 3.40. The van der Waals surface area contributed by atoms with Crippen LogP contribution in [0.1, 0.15) is 399 Å². The summed E-state index contributed by atoms with van der Waals surface area (Å²) in [5.74, 6) is -0.0246. The number of amides is 1. The maximum Gasteiger partial charge on any atom is 0.305 e. The van der Waals surface area contributed by atoms with E-state index < -0.39 is 12.1 Å². The highest BCUT2D eigenvalue weighted by Crippen LogP contribution is 2.19. The highest BCUT2D eigenvalue weighted by atomic mass is 16.5. The standard InChI is InChI=1S/C70H137NO5/c1-3-5-7-9-11-13-15-17-19-21-22-24-27-31-34-38-42-46-50-54-58-62-68(73)67(66-72)71-69(74)63-59-55-51-47-43-39-35-32-28-25-23-26-29-33-37-41-45-49-53-57-61-65-76-70(75)64-60-56-52-48-44-40-36-30-20-18-16-14-12-10-8-6-4-2/h25,28,67-68,72-73H,3-24,26-27,29-66H2,1-2H3,(H,71,74)/b28-25-. The summed E-state index contributed by atoms with van der Waals surface area (Å²) < 4.78 is 5.50. The van der Waals surface area contributed by atoms with Gasteiger partial charge in [-0.05, 0) is 51.4 Å². The number of hydrogen-bond acceptors (Lipinski definition) is 5. The molecule has 0 aliphatic heterocycles. The Kier molecular flexibility index (Phi) is 64.9. The number of carbonyl (C=O) groups excluding carboxylic acids is 2. The van der Waals surface area contributed by atoms with Gasteiger partial charge in [-0.2, -0.15) is 0 Å². The molecule has 0 saturated heterocycles. The summed E-state index contributed by atoms with van der Waals surface area (Å²) in [6.07, 6.45) is 81.0. The smallest absolute Gasteiger partial charge is 0.305 e. The second-order valence-corrected chi connectivity index (χ2v) is 24.2. The minimum atomic E-state index is -0.670. The van der Waals surface area contributed by atoms with Gasteiger partial charge in [-0.3, -0.25) is 9.59 Å². The minimum Gasteiger partial charge on any atom is -0.466 e. The zero-order valence-corrected chi connectivity index (χ0v) is 51.8. The van der Waals surface area contributed by atoms with E-state index >= 15 is 0 Å². The number of carbonyl (C=O) groups is 2. The molecular formula is C70H137NO5. The molecule has 0 aromatic heterocycles. The van der Waals surface area contributed by atoms with Crippen molar-refractivity contribution in [3.05, 3.63) is 12.2 Å². The number of esters is 1. The van der Waals surface area contributed by atoms with E-state index in [4.69, 9.17) is 4.74 Å². The van der Waals surface area contributed by atoms with Crippen LogP contribution in [0.4, 0.5) is 0 Å². The zero-order chi connectivity index (χ0) is 55.0. The second kappa shape index (κ2) is 66.1. The van der Waals surface area contributed by atoms with E-state index in [0.717, 1.165) is 38.5 Å². The van der Waals surface area contributed by atoms with E-state index in [2.05, 4.69) is 31.3 Å². The molecule has 452 valence electrons. The van der Waals surface area contributed by atoms with Gasteiger partial charge in [0.15, 0.2) is 0 Å². The van der Waals surface area contributed by atoms with Crippen LogP contribution < -0.4 is 5.32 Å². The first-order valence-corrected chi connectivity index (χ1v) is 34.9. The topological polar surface area (TPSA) is 95.9 Å². The molecule has 0 radical (unpaired) electrons. The zero-order valence-electron chi connectivity index (χ0n) is 51.8. The SMILES string of the molecule is CCCCCCCCCCCCCCCCCCCCCCCC(O)C(CO)NC(=O)CCCCCCCCC/C=C\CCCCCCCCCCCCOC(=O)CCCCCCCCCCCCCCCCCCC. The van der Waals surface area contributed by atoms with Gasteiger partial charge >= 0.3 is 5.97 Å². The van der Waals surface area contributed by atoms with Crippen LogP contribution in [0.2, 0.25) is 0 Å². The third-order valence-electron chi connectivity index (χ3n) is 16.6. The van der Waals surface area contributed by atoms with Crippen molar-refractivity contribution in [2.45, 2.75) is 411 Å². The van der Waals surface area contributed by atoms with Crippen molar-refractivity contribution in [2.24, 2.45) is 0 Å². The summed E-state index contributed by atoms with van der Waals surface area (Å²) in [5.41, 5.74) is 0. The van der Waals surface area contributed by atoms with Crippen LogP contribution in [-0.2, 0) is 14.3 Å². The van der Waals surface area contributed by atoms with Gasteiger partial charge in [-0.15, -0.1) is 0 Å². The largest absolute Gasteiger partial charge is 0.466 e. The van der Waals surface area contributed by atoms with Gasteiger partial charge in [-0.1, -0.05) is 347 Å². The average molecular weight is 1070 g/mol. The quantitative estimate of drug-likeness (QED) is 0.0320. The van der Waals surface area contributed by atoms with Crippen molar-refractivity contribution >= 4 is 11.9 Å². The molecule has 2 unspecified atom stereocenters. The summed E-state index contributed by atoms with van der Waals surface area (Å²) in [6.45, 7) is 4.99. The molecule has 0 spiro atoms. The third kappa shape index (κ3) is 61.8. The number of ether oxygens (including phenoxy) is 1. The fourth-order valence-corrected chi connectivity index (χ4v) is 11.2. The number of hydrogen-bond donors (Lipinski definition) is 3. The van der Waals surface area contributed by atoms with Crippen molar-refractivity contribution in [1.82, 2.24) is 5.32 Å². The molecule has 0 bridgehead atoms. The molecular weight excluding hydrogens is 935 g/mol. The first-order chi connectivity index (χ1) is 37.5. The Morgan fingerprint density at radius 1 is 0.355 bits per heavy atom. The van der Waals surface area contributed by atoms with Crippen LogP contribution in [0.25, 0.3) is 0 Å². The Morgan fingerprint density at radius 2 is 0.618 bits per heavy atom. The van der Waals surface area contributed by atoms with Gasteiger partial charge in [0.25, 0.3) is 0 Å². The second-order valence-electron chi connectivity index (χ2n) is 24.2. The van der Waals surface area contributed by atoms with Crippen molar-refractivity contribution in [1.29, 1.82) is 0 Å². The van der Waals surface area contributed by atoms with Gasteiger partial charge in [-0.25, -0.2) is 0 Å². The fraction of sp³-hybridized carbons (Fsp3) is 0.943. The number of unbranched alkanes of at least 4 members (excludes halogenated alkanes) is 53. The first-order valence-electron chi connectivity index (χ1n) is 34.9. The molecule has 0 rings (SSSR count). The summed E-state index contributed by atoms with van der Waals surface area (Å²) in [4.78, 5) is 24.6. The van der Waals surface area contributed by atoms with E-state index in [9.17, 15) is 19.8 Å². The first kappa shape index (κ1) is 74.6. The summed E-state index contributed by atoms with van der Waals surface area (Å²) in [5, 5.41) is 23.4. The summed E-state index contributed by atoms with van der Waals surface area (Å²) in [7, 11) is 0. The Morgan fingerprint density at radius 3 is 0.934 bits per heavy atom. The molecule has 1 amide bonds. The molecule has 0 aromatic carbocycles. The van der Waals surface area contributed by atoms with E-state index in [1.807, 2.05) is 0 Å². The molecule has 0 aliphatic rings. The van der Waals surface area contributed by atoms with E-state index in [1.165, 1.54) is 327 Å². The number of nitrogens with one attached hydrogen (secondary N) is 1. The van der Waals surface area contributed by atoms with E-state index in [1.54, 1.807) is 0 Å². The van der Waals surface area contributed by atoms with Crippen molar-refractivity contribution in [3.8, 4) is 0 Å². The number of rotatable bonds is 66. The predicted octanol–water partition coefficient (Wildman–Crippen LogP) is 22.4. The van der Waals surface area contributed by atoms with Crippen LogP contribution in [0.3, 0.4) is 0 Å². The number of aliphatic hydroxyl groups is 2. The van der Waals surface area contributed by atoms with Crippen molar-refractivity contribution < 1.29 is 24.5 Å². The van der Waals surface area contributed by atoms with E-state index in [0.29, 0.717) is 25.9 Å². The lowest BCUT2D eigenvalue weighted by molar-refractivity contribution is -0.143. The number of aliphatic hydroxyl groups excluding tert-OH is 2. The fourth-order valence-electron chi connectivity index (χ4n) is 11.2. The Bertz CT molecular complexity index is 1140. The monoisotopic (exact) mass is 1070 g/mol. The highest BCUT2D eigenvalue weighted by molar-refractivity contribution is 5.76. The van der Waals surface area contributed by atoms with Crippen LogP contribution in [0.15, 0.2) is 12.2 Å². The maximum atomic E-state index is 12.5. The maximum absolute atomic E-state index is 12.5. The third-order valence-corrected chi connectivity index (χ3v) is 16.6. The van der Waals surface area contributed by atoms with Gasteiger partial charge in [0, 0.05) is 12.8 Å². The van der Waals surface area contributed by atoms with Crippen molar-refractivity contribution in [2.75, 3.05) is 13.2 Å². The van der Waals surface area contributed by atoms with Crippen molar-refractivity contribution in [3.63, 3.8) is 0 Å². The van der Waals surface area contributed by atoms with Gasteiger partial charge in [0.2, 0.25) is 5.91 Å². The predicted molar refractivity (Wildman–Crippen MR) is 333 cm³/mol. The molecule has 0 fully saturated rings.